The zero-order valence-corrected chi connectivity index (χ0v) is 22.0. The Labute approximate surface area is 229 Å². The fraction of sp³-hybridized carbons (Fsp3) is 0.414. The number of halogens is 3. The van der Waals surface area contributed by atoms with Gasteiger partial charge < -0.3 is 20.9 Å². The first-order valence-corrected chi connectivity index (χ1v) is 13.5. The normalized spacial score (nSPS) is 24.8. The second kappa shape index (κ2) is 10.5. The Morgan fingerprint density at radius 1 is 1.10 bits per heavy atom. The van der Waals surface area contributed by atoms with Gasteiger partial charge in [0.2, 0.25) is 5.95 Å². The Morgan fingerprint density at radius 2 is 1.85 bits per heavy atom. The summed E-state index contributed by atoms with van der Waals surface area (Å²) in [7, 11) is 0. The van der Waals surface area contributed by atoms with Crippen molar-refractivity contribution in [3.63, 3.8) is 0 Å². The van der Waals surface area contributed by atoms with Crippen LogP contribution in [0.1, 0.15) is 49.7 Å². The summed E-state index contributed by atoms with van der Waals surface area (Å²) in [6.07, 6.45) is 5.91. The van der Waals surface area contributed by atoms with E-state index < -0.39 is 23.4 Å². The Kier molecular flexibility index (Phi) is 6.97. The number of nitrogens with zero attached hydrogens (tertiary/aromatic N) is 4. The van der Waals surface area contributed by atoms with Gasteiger partial charge in [-0.25, -0.2) is 18.2 Å². The number of anilines is 2. The first-order valence-electron chi connectivity index (χ1n) is 13.5. The number of hydrogen-bond acceptors (Lipinski definition) is 7. The third kappa shape index (κ3) is 4.82. The molecular formula is C29H31F3N6O2. The van der Waals surface area contributed by atoms with E-state index in [2.05, 4.69) is 20.4 Å². The summed E-state index contributed by atoms with van der Waals surface area (Å²) in [6, 6.07) is 6.86. The van der Waals surface area contributed by atoms with Gasteiger partial charge in [-0.05, 0) is 66.1 Å². The van der Waals surface area contributed by atoms with Crippen molar-refractivity contribution < 1.29 is 23.0 Å². The topological polar surface area (TPSA) is 111 Å². The molecule has 1 saturated heterocycles. The zero-order chi connectivity index (χ0) is 28.0. The number of nitrogens with one attached hydrogen (secondary N) is 1. The average Bonchev–Trinajstić information content (AvgIpc) is 3.33. The summed E-state index contributed by atoms with van der Waals surface area (Å²) in [5, 5.41) is 18.1. The summed E-state index contributed by atoms with van der Waals surface area (Å²) in [5.41, 5.74) is 6.34. The summed E-state index contributed by atoms with van der Waals surface area (Å²) in [4.78, 5) is 8.69. The lowest BCUT2D eigenvalue weighted by molar-refractivity contribution is -0.0117. The van der Waals surface area contributed by atoms with Gasteiger partial charge in [-0.1, -0.05) is 6.92 Å². The van der Waals surface area contributed by atoms with E-state index in [1.165, 1.54) is 10.6 Å². The molecule has 1 aromatic carbocycles. The number of nitrogens with two attached hydrogens (primary N) is 1. The number of hydrogen-bond donors (Lipinski definition) is 3. The maximum Gasteiger partial charge on any atom is 0.229 e. The van der Waals surface area contributed by atoms with Gasteiger partial charge in [0.15, 0.2) is 0 Å². The third-order valence-electron chi connectivity index (χ3n) is 8.26. The van der Waals surface area contributed by atoms with Crippen LogP contribution in [0.4, 0.5) is 24.8 Å². The van der Waals surface area contributed by atoms with Crippen molar-refractivity contribution in [1.29, 1.82) is 0 Å². The molecule has 2 fully saturated rings. The predicted octanol–water partition coefficient (Wildman–Crippen LogP) is 4.99. The first kappa shape index (κ1) is 26.7. The predicted molar refractivity (Wildman–Crippen MR) is 144 cm³/mol. The molecule has 4 heterocycles. The Bertz CT molecular complexity index is 1500. The number of alkyl halides is 1. The molecule has 0 bridgehead atoms. The molecule has 8 nitrogen and oxygen atoms in total. The zero-order valence-electron chi connectivity index (χ0n) is 22.0. The molecule has 0 spiro atoms. The van der Waals surface area contributed by atoms with E-state index in [0.717, 1.165) is 24.1 Å². The van der Waals surface area contributed by atoms with Gasteiger partial charge in [0.25, 0.3) is 0 Å². The van der Waals surface area contributed by atoms with Crippen LogP contribution in [0, 0.1) is 17.6 Å². The highest BCUT2D eigenvalue weighted by Gasteiger charge is 2.36. The lowest BCUT2D eigenvalue weighted by Crippen LogP contribution is -2.44. The third-order valence-corrected chi connectivity index (χ3v) is 8.26. The van der Waals surface area contributed by atoms with Crippen LogP contribution < -0.4 is 11.1 Å². The number of pyridine rings is 1. The average molecular weight is 553 g/mol. The van der Waals surface area contributed by atoms with E-state index >= 15 is 13.2 Å². The number of aliphatic hydroxyl groups is 1. The summed E-state index contributed by atoms with van der Waals surface area (Å²) >= 11 is 0. The summed E-state index contributed by atoms with van der Waals surface area (Å²) < 4.78 is 52.6. The van der Waals surface area contributed by atoms with Gasteiger partial charge in [0, 0.05) is 38.3 Å². The maximum atomic E-state index is 15.4. The van der Waals surface area contributed by atoms with E-state index in [9.17, 15) is 5.11 Å². The van der Waals surface area contributed by atoms with Crippen molar-refractivity contribution in [3.8, 4) is 11.3 Å². The molecule has 0 unspecified atom stereocenters. The minimum atomic E-state index is -1.84. The Hall–Kier alpha value is -3.54. The van der Waals surface area contributed by atoms with Crippen molar-refractivity contribution in [1.82, 2.24) is 19.6 Å². The van der Waals surface area contributed by atoms with E-state index in [4.69, 9.17) is 10.5 Å². The van der Waals surface area contributed by atoms with Crippen molar-refractivity contribution >= 4 is 17.2 Å². The molecule has 1 aliphatic heterocycles. The highest BCUT2D eigenvalue weighted by molar-refractivity contribution is 5.66. The molecule has 2 aliphatic rings. The van der Waals surface area contributed by atoms with Gasteiger partial charge >= 0.3 is 0 Å². The minimum Gasteiger partial charge on any atom is -0.391 e. The molecule has 4 aromatic rings. The quantitative estimate of drug-likeness (QED) is 0.320. The standard InChI is InChI=1S/C29H31F3N6O2/c1-16-10-17(11-23(33)27(16)39)20-4-7-34-15-25(20)36-28-35-14-19-2-3-24(37-38(19)28)26-21(30)12-18(13-22(26)31)29(32)5-8-40-9-6-29/h2-4,7,12-17,23,27,39H,5-6,8-11,33H2,1H3,(H,35,36)/t16-,17+,23+,27+/m0/s1. The SMILES string of the molecule is C[C@H]1C[C@@H](c2ccncc2Nc2ncc3ccc(-c4c(F)cc(C5(F)CCOCC5)cc4F)nn23)C[C@@H](N)[C@@H]1O. The second-order valence-electron chi connectivity index (χ2n) is 10.9. The van der Waals surface area contributed by atoms with E-state index in [0.29, 0.717) is 23.6 Å². The molecule has 11 heteroatoms. The second-order valence-corrected chi connectivity index (χ2v) is 10.9. The van der Waals surface area contributed by atoms with E-state index in [-0.39, 0.29) is 60.8 Å². The van der Waals surface area contributed by atoms with Crippen LogP contribution in [0.3, 0.4) is 0 Å². The molecule has 4 N–H and O–H groups in total. The fourth-order valence-electron chi connectivity index (χ4n) is 5.98. The lowest BCUT2D eigenvalue weighted by atomic mass is 9.74. The fourth-order valence-corrected chi connectivity index (χ4v) is 5.98. The van der Waals surface area contributed by atoms with Crippen molar-refractivity contribution in [2.24, 2.45) is 11.7 Å². The Balaban J connectivity index is 1.33. The van der Waals surface area contributed by atoms with Gasteiger partial charge in [0.05, 0.1) is 41.0 Å². The van der Waals surface area contributed by atoms with Crippen LogP contribution in [0.15, 0.2) is 48.9 Å². The number of aromatic nitrogens is 4. The molecule has 6 rings (SSSR count). The van der Waals surface area contributed by atoms with Gasteiger partial charge in [-0.15, -0.1) is 0 Å². The minimum absolute atomic E-state index is 0.0333. The van der Waals surface area contributed by atoms with Crippen LogP contribution in [0.2, 0.25) is 0 Å². The van der Waals surface area contributed by atoms with Gasteiger partial charge in [-0.2, -0.15) is 9.61 Å². The Morgan fingerprint density at radius 3 is 2.58 bits per heavy atom. The van der Waals surface area contributed by atoms with Crippen molar-refractivity contribution in [2.45, 2.75) is 56.3 Å². The number of benzene rings is 1. The number of ether oxygens (including phenoxy) is 1. The van der Waals surface area contributed by atoms with Crippen molar-refractivity contribution in [3.05, 3.63) is 71.7 Å². The van der Waals surface area contributed by atoms with Crippen molar-refractivity contribution in [2.75, 3.05) is 18.5 Å². The molecule has 1 aliphatic carbocycles. The van der Waals surface area contributed by atoms with Crippen LogP contribution >= 0.6 is 0 Å². The number of rotatable bonds is 5. The number of fused-ring (bicyclic) bond motifs is 1. The summed E-state index contributed by atoms with van der Waals surface area (Å²) in [6.45, 7) is 2.38. The monoisotopic (exact) mass is 552 g/mol. The maximum absolute atomic E-state index is 15.4. The van der Waals surface area contributed by atoms with Crippen LogP contribution in [0.5, 0.6) is 0 Å². The van der Waals surface area contributed by atoms with Crippen LogP contribution in [-0.2, 0) is 10.4 Å². The molecule has 40 heavy (non-hydrogen) atoms. The number of aliphatic hydroxyl groups excluding tert-OH is 1. The van der Waals surface area contributed by atoms with Crippen LogP contribution in [0.25, 0.3) is 16.8 Å². The number of imidazole rings is 1. The highest BCUT2D eigenvalue weighted by Crippen LogP contribution is 2.40. The van der Waals surface area contributed by atoms with E-state index in [1.54, 1.807) is 24.7 Å². The smallest absolute Gasteiger partial charge is 0.229 e. The van der Waals surface area contributed by atoms with Gasteiger partial charge in [-0.3, -0.25) is 4.98 Å². The molecule has 0 radical (unpaired) electrons. The molecule has 4 atom stereocenters. The molecular weight excluding hydrogens is 521 g/mol. The highest BCUT2D eigenvalue weighted by atomic mass is 19.1. The van der Waals surface area contributed by atoms with Crippen LogP contribution in [-0.4, -0.2) is 50.0 Å². The summed E-state index contributed by atoms with van der Waals surface area (Å²) in [5.74, 6) is -1.30. The van der Waals surface area contributed by atoms with E-state index in [1.807, 2.05) is 13.0 Å². The first-order chi connectivity index (χ1) is 19.2. The molecule has 0 amide bonds. The largest absolute Gasteiger partial charge is 0.391 e. The molecule has 210 valence electrons. The molecule has 1 saturated carbocycles. The molecule has 3 aromatic heterocycles. The lowest BCUT2D eigenvalue weighted by Gasteiger charge is -2.36. The van der Waals surface area contributed by atoms with Gasteiger partial charge in [0.1, 0.15) is 17.3 Å².